The van der Waals surface area contributed by atoms with Crippen LogP contribution in [-0.2, 0) is 6.42 Å². The summed E-state index contributed by atoms with van der Waals surface area (Å²) in [6.45, 7) is 0.376. The number of halogens is 1. The van der Waals surface area contributed by atoms with Gasteiger partial charge in [-0.1, -0.05) is 0 Å². The molecular weight excluding hydrogens is 285 g/mol. The number of rotatable bonds is 4. The van der Waals surface area contributed by atoms with Crippen molar-refractivity contribution < 1.29 is 18.7 Å². The average Bonchev–Trinajstić information content (AvgIpc) is 2.94. The van der Waals surface area contributed by atoms with Crippen molar-refractivity contribution in [2.45, 2.75) is 12.5 Å². The van der Waals surface area contributed by atoms with E-state index in [9.17, 15) is 9.18 Å². The topological polar surface area (TPSA) is 47.6 Å². The van der Waals surface area contributed by atoms with Crippen molar-refractivity contribution in [2.75, 3.05) is 13.7 Å². The zero-order valence-electron chi connectivity index (χ0n) is 12.1. The SMILES string of the molecule is COc1ccc(C(=O)NC[C@H]2Cc3cc(F)ccc3O2)cc1. The second-order valence-electron chi connectivity index (χ2n) is 5.13. The summed E-state index contributed by atoms with van der Waals surface area (Å²) in [6.07, 6.45) is 0.426. The highest BCUT2D eigenvalue weighted by molar-refractivity contribution is 5.94. The van der Waals surface area contributed by atoms with Crippen molar-refractivity contribution in [3.05, 3.63) is 59.4 Å². The van der Waals surface area contributed by atoms with Crippen LogP contribution in [0.15, 0.2) is 42.5 Å². The Morgan fingerprint density at radius 3 is 2.82 bits per heavy atom. The molecule has 0 aromatic heterocycles. The third kappa shape index (κ3) is 3.03. The van der Waals surface area contributed by atoms with Gasteiger partial charge < -0.3 is 14.8 Å². The lowest BCUT2D eigenvalue weighted by atomic mass is 10.1. The Hall–Kier alpha value is -2.56. The average molecular weight is 301 g/mol. The third-order valence-corrected chi connectivity index (χ3v) is 3.61. The van der Waals surface area contributed by atoms with Gasteiger partial charge in [-0.25, -0.2) is 4.39 Å². The van der Waals surface area contributed by atoms with Crippen molar-refractivity contribution in [1.29, 1.82) is 0 Å². The Labute approximate surface area is 127 Å². The molecule has 0 radical (unpaired) electrons. The fourth-order valence-corrected chi connectivity index (χ4v) is 2.45. The maximum Gasteiger partial charge on any atom is 0.251 e. The molecule has 0 saturated carbocycles. The predicted molar refractivity (Wildman–Crippen MR) is 79.8 cm³/mol. The van der Waals surface area contributed by atoms with E-state index >= 15 is 0 Å². The van der Waals surface area contributed by atoms with Gasteiger partial charge in [0.2, 0.25) is 0 Å². The molecule has 1 heterocycles. The highest BCUT2D eigenvalue weighted by atomic mass is 19.1. The van der Waals surface area contributed by atoms with Gasteiger partial charge in [0.05, 0.1) is 13.7 Å². The summed E-state index contributed by atoms with van der Waals surface area (Å²) in [6, 6.07) is 11.3. The number of amides is 1. The largest absolute Gasteiger partial charge is 0.497 e. The molecule has 1 N–H and O–H groups in total. The molecule has 0 unspecified atom stereocenters. The third-order valence-electron chi connectivity index (χ3n) is 3.61. The maximum atomic E-state index is 13.2. The smallest absolute Gasteiger partial charge is 0.251 e. The van der Waals surface area contributed by atoms with Crippen LogP contribution in [0.5, 0.6) is 11.5 Å². The van der Waals surface area contributed by atoms with E-state index in [1.165, 1.54) is 12.1 Å². The molecule has 0 bridgehead atoms. The van der Waals surface area contributed by atoms with Gasteiger partial charge >= 0.3 is 0 Å². The Morgan fingerprint density at radius 1 is 1.32 bits per heavy atom. The fraction of sp³-hybridized carbons (Fsp3) is 0.235. The summed E-state index contributed by atoms with van der Waals surface area (Å²) in [5.74, 6) is 0.942. The van der Waals surface area contributed by atoms with E-state index in [0.29, 0.717) is 30.0 Å². The van der Waals surface area contributed by atoms with Crippen LogP contribution in [-0.4, -0.2) is 25.7 Å². The molecule has 22 heavy (non-hydrogen) atoms. The molecule has 0 aliphatic carbocycles. The lowest BCUT2D eigenvalue weighted by molar-refractivity contribution is 0.0933. The van der Waals surface area contributed by atoms with Crippen molar-refractivity contribution in [2.24, 2.45) is 0 Å². The minimum absolute atomic E-state index is 0.168. The van der Waals surface area contributed by atoms with E-state index in [-0.39, 0.29) is 17.8 Å². The molecule has 114 valence electrons. The van der Waals surface area contributed by atoms with Gasteiger partial charge in [-0.3, -0.25) is 4.79 Å². The van der Waals surface area contributed by atoms with Crippen molar-refractivity contribution in [3.63, 3.8) is 0 Å². The minimum Gasteiger partial charge on any atom is -0.497 e. The lowest BCUT2D eigenvalue weighted by Gasteiger charge is -2.12. The fourth-order valence-electron chi connectivity index (χ4n) is 2.45. The highest BCUT2D eigenvalue weighted by Crippen LogP contribution is 2.28. The summed E-state index contributed by atoms with van der Waals surface area (Å²) in [5.41, 5.74) is 1.39. The van der Waals surface area contributed by atoms with Gasteiger partial charge in [0.25, 0.3) is 5.91 Å². The molecular formula is C17H16FNO3. The first-order chi connectivity index (χ1) is 10.7. The number of methoxy groups -OCH3 is 1. The van der Waals surface area contributed by atoms with Crippen LogP contribution in [0.4, 0.5) is 4.39 Å². The number of ether oxygens (including phenoxy) is 2. The van der Waals surface area contributed by atoms with Crippen LogP contribution in [0.25, 0.3) is 0 Å². The van der Waals surface area contributed by atoms with Crippen LogP contribution >= 0.6 is 0 Å². The molecule has 1 atom stereocenters. The quantitative estimate of drug-likeness (QED) is 0.944. The monoisotopic (exact) mass is 301 g/mol. The summed E-state index contributed by atoms with van der Waals surface area (Å²) in [4.78, 5) is 12.1. The Morgan fingerprint density at radius 2 is 2.09 bits per heavy atom. The molecule has 1 amide bonds. The Balaban J connectivity index is 1.56. The first kappa shape index (κ1) is 14.4. The first-order valence-electron chi connectivity index (χ1n) is 7.03. The maximum absolute atomic E-state index is 13.2. The van der Waals surface area contributed by atoms with Crippen molar-refractivity contribution in [1.82, 2.24) is 5.32 Å². The van der Waals surface area contributed by atoms with Gasteiger partial charge in [-0.2, -0.15) is 0 Å². The lowest BCUT2D eigenvalue weighted by Crippen LogP contribution is -2.34. The van der Waals surface area contributed by atoms with Crippen LogP contribution in [0.2, 0.25) is 0 Å². The van der Waals surface area contributed by atoms with Crippen LogP contribution in [0.1, 0.15) is 15.9 Å². The van der Waals surface area contributed by atoms with Crippen LogP contribution < -0.4 is 14.8 Å². The van der Waals surface area contributed by atoms with Crippen molar-refractivity contribution in [3.8, 4) is 11.5 Å². The molecule has 0 fully saturated rings. The van der Waals surface area contributed by atoms with Crippen LogP contribution in [0.3, 0.4) is 0 Å². The highest BCUT2D eigenvalue weighted by Gasteiger charge is 2.23. The second kappa shape index (κ2) is 6.05. The van der Waals surface area contributed by atoms with Gasteiger partial charge in [0, 0.05) is 17.5 Å². The summed E-state index contributed by atoms with van der Waals surface area (Å²) in [5, 5.41) is 2.83. The molecule has 5 heteroatoms. The molecule has 0 saturated heterocycles. The molecule has 2 aromatic rings. The zero-order chi connectivity index (χ0) is 15.5. The Bertz CT molecular complexity index is 685. The van der Waals surface area contributed by atoms with E-state index < -0.39 is 0 Å². The molecule has 0 spiro atoms. The van der Waals surface area contributed by atoms with E-state index in [4.69, 9.17) is 9.47 Å². The standard InChI is InChI=1S/C17H16FNO3/c1-21-14-5-2-11(3-6-14)17(20)19-10-15-9-12-8-13(18)4-7-16(12)22-15/h2-8,15H,9-10H2,1H3,(H,19,20)/t15-/m1/s1. The number of carbonyl (C=O) groups is 1. The molecule has 3 rings (SSSR count). The van der Waals surface area contributed by atoms with Crippen LogP contribution in [0, 0.1) is 5.82 Å². The zero-order valence-corrected chi connectivity index (χ0v) is 12.1. The van der Waals surface area contributed by atoms with Gasteiger partial charge in [0.15, 0.2) is 0 Å². The summed E-state index contributed by atoms with van der Waals surface area (Å²) >= 11 is 0. The molecule has 1 aliphatic heterocycles. The second-order valence-corrected chi connectivity index (χ2v) is 5.13. The van der Waals surface area contributed by atoms with Gasteiger partial charge in [-0.05, 0) is 42.5 Å². The molecule has 4 nitrogen and oxygen atoms in total. The first-order valence-corrected chi connectivity index (χ1v) is 7.03. The number of hydrogen-bond acceptors (Lipinski definition) is 3. The number of fused-ring (bicyclic) bond motifs is 1. The van der Waals surface area contributed by atoms with Crippen molar-refractivity contribution >= 4 is 5.91 Å². The summed E-state index contributed by atoms with van der Waals surface area (Å²) in [7, 11) is 1.58. The summed E-state index contributed by atoms with van der Waals surface area (Å²) < 4.78 is 23.9. The minimum atomic E-state index is -0.273. The van der Waals surface area contributed by atoms with E-state index in [1.54, 1.807) is 37.4 Å². The number of nitrogens with one attached hydrogen (secondary N) is 1. The van der Waals surface area contributed by atoms with E-state index in [0.717, 1.165) is 5.56 Å². The van der Waals surface area contributed by atoms with Gasteiger partial charge in [0.1, 0.15) is 23.4 Å². The predicted octanol–water partition coefficient (Wildman–Crippen LogP) is 2.57. The molecule has 1 aliphatic rings. The molecule has 2 aromatic carbocycles. The van der Waals surface area contributed by atoms with E-state index in [2.05, 4.69) is 5.32 Å². The number of hydrogen-bond donors (Lipinski definition) is 1. The van der Waals surface area contributed by atoms with E-state index in [1.807, 2.05) is 0 Å². The number of benzene rings is 2. The Kier molecular flexibility index (Phi) is 3.96. The normalized spacial score (nSPS) is 15.8. The van der Waals surface area contributed by atoms with Gasteiger partial charge in [-0.15, -0.1) is 0 Å². The number of carbonyl (C=O) groups excluding carboxylic acids is 1.